The maximum atomic E-state index is 13.6. The lowest BCUT2D eigenvalue weighted by Gasteiger charge is -2.39. The van der Waals surface area contributed by atoms with E-state index in [1.807, 2.05) is 78.0 Å². The second kappa shape index (κ2) is 11.4. The summed E-state index contributed by atoms with van der Waals surface area (Å²) in [5.74, 6) is -0.0859. The van der Waals surface area contributed by atoms with Gasteiger partial charge >= 0.3 is 0 Å². The largest absolute Gasteiger partial charge is 0.342 e. The molecule has 2 amide bonds. The van der Waals surface area contributed by atoms with Crippen LogP contribution >= 0.6 is 12.6 Å². The maximum absolute atomic E-state index is 13.6. The molecule has 180 valence electrons. The van der Waals surface area contributed by atoms with Crippen molar-refractivity contribution in [1.82, 2.24) is 15.5 Å². The Labute approximate surface area is 200 Å². The van der Waals surface area contributed by atoms with Crippen molar-refractivity contribution >= 4 is 24.4 Å². The van der Waals surface area contributed by atoms with Gasteiger partial charge in [-0.25, -0.2) is 0 Å². The van der Waals surface area contributed by atoms with E-state index >= 15 is 0 Å². The van der Waals surface area contributed by atoms with E-state index in [9.17, 15) is 9.59 Å². The standard InChI is InChI=1S/C26H43N3O2S/c1-17(2)20(16-18(3)32)29(10)24(31)22(25(4,5)6)28-23(30)21(27-9)26(7,8)19-14-12-11-13-15-19/h11-17,20-22,27,32H,1-10H3,(H,28,30)/b18-16+/t20-,21-,22-/m1/s1. The Morgan fingerprint density at radius 1 is 1.03 bits per heavy atom. The molecule has 0 spiro atoms. The number of likely N-dealkylation sites (N-methyl/N-ethyl adjacent to an activating group) is 2. The Bertz CT molecular complexity index is 793. The van der Waals surface area contributed by atoms with Crippen LogP contribution in [0.15, 0.2) is 41.3 Å². The van der Waals surface area contributed by atoms with E-state index < -0.39 is 22.9 Å². The number of hydrogen-bond donors (Lipinski definition) is 3. The van der Waals surface area contributed by atoms with Crippen molar-refractivity contribution < 1.29 is 9.59 Å². The summed E-state index contributed by atoms with van der Waals surface area (Å²) in [7, 11) is 3.58. The molecular weight excluding hydrogens is 418 g/mol. The Morgan fingerprint density at radius 3 is 1.97 bits per heavy atom. The summed E-state index contributed by atoms with van der Waals surface area (Å²) in [5.41, 5.74) is 0.126. The van der Waals surface area contributed by atoms with Crippen LogP contribution in [0.4, 0.5) is 0 Å². The fourth-order valence-corrected chi connectivity index (χ4v) is 4.23. The number of thiol groups is 1. The van der Waals surface area contributed by atoms with Gasteiger partial charge in [-0.1, -0.05) is 84.9 Å². The van der Waals surface area contributed by atoms with Gasteiger partial charge in [0.05, 0.1) is 12.1 Å². The molecule has 32 heavy (non-hydrogen) atoms. The molecule has 0 aliphatic rings. The normalized spacial score (nSPS) is 15.8. The quantitative estimate of drug-likeness (QED) is 0.478. The molecular formula is C26H43N3O2S. The van der Waals surface area contributed by atoms with Gasteiger partial charge in [-0.15, -0.1) is 12.6 Å². The molecule has 0 saturated heterocycles. The van der Waals surface area contributed by atoms with Crippen LogP contribution in [-0.2, 0) is 15.0 Å². The highest BCUT2D eigenvalue weighted by atomic mass is 32.1. The third-order valence-corrected chi connectivity index (χ3v) is 6.23. The molecule has 0 bridgehead atoms. The number of carbonyl (C=O) groups excluding carboxylic acids is 2. The lowest BCUT2D eigenvalue weighted by atomic mass is 9.76. The number of rotatable bonds is 9. The van der Waals surface area contributed by atoms with Gasteiger partial charge in [-0.05, 0) is 35.8 Å². The minimum Gasteiger partial charge on any atom is -0.342 e. The number of hydrogen-bond acceptors (Lipinski definition) is 4. The lowest BCUT2D eigenvalue weighted by molar-refractivity contribution is -0.140. The van der Waals surface area contributed by atoms with Crippen molar-refractivity contribution in [3.8, 4) is 0 Å². The molecule has 5 nitrogen and oxygen atoms in total. The van der Waals surface area contributed by atoms with Gasteiger partial charge in [0.1, 0.15) is 6.04 Å². The van der Waals surface area contributed by atoms with Gasteiger partial charge < -0.3 is 15.5 Å². The highest BCUT2D eigenvalue weighted by molar-refractivity contribution is 7.84. The minimum absolute atomic E-state index is 0.109. The zero-order chi connectivity index (χ0) is 24.9. The SMILES string of the molecule is CN[C@H](C(=O)N[C@H](C(=O)N(C)[C@H](/C=C(\C)S)C(C)C)C(C)(C)C)C(C)(C)c1ccccc1. The number of nitrogens with one attached hydrogen (secondary N) is 2. The number of nitrogens with zero attached hydrogens (tertiary/aromatic N) is 1. The van der Waals surface area contributed by atoms with Crippen LogP contribution in [-0.4, -0.2) is 48.9 Å². The Kier molecular flexibility index (Phi) is 10.0. The van der Waals surface area contributed by atoms with Gasteiger partial charge in [-0.2, -0.15) is 0 Å². The molecule has 3 atom stereocenters. The summed E-state index contributed by atoms with van der Waals surface area (Å²) >= 11 is 4.41. The highest BCUT2D eigenvalue weighted by Gasteiger charge is 2.41. The molecule has 0 fully saturated rings. The Morgan fingerprint density at radius 2 is 1.56 bits per heavy atom. The number of amides is 2. The first-order valence-electron chi connectivity index (χ1n) is 11.3. The second-order valence-corrected chi connectivity index (χ2v) is 11.3. The van der Waals surface area contributed by atoms with Crippen LogP contribution in [0.1, 0.15) is 61.0 Å². The van der Waals surface area contributed by atoms with E-state index in [1.54, 1.807) is 19.0 Å². The van der Waals surface area contributed by atoms with Crippen molar-refractivity contribution in [2.45, 2.75) is 78.9 Å². The summed E-state index contributed by atoms with van der Waals surface area (Å²) in [6, 6.07) is 8.68. The van der Waals surface area contributed by atoms with Crippen LogP contribution < -0.4 is 10.6 Å². The first kappa shape index (κ1) is 28.2. The third-order valence-electron chi connectivity index (χ3n) is 6.08. The maximum Gasteiger partial charge on any atom is 0.245 e. The summed E-state index contributed by atoms with van der Waals surface area (Å²) in [6.45, 7) is 16.1. The molecule has 0 aliphatic heterocycles. The van der Waals surface area contributed by atoms with E-state index in [2.05, 4.69) is 37.1 Å². The van der Waals surface area contributed by atoms with Gasteiger partial charge in [0.15, 0.2) is 0 Å². The summed E-state index contributed by atoms with van der Waals surface area (Å²) in [6.07, 6.45) is 1.99. The predicted molar refractivity (Wildman–Crippen MR) is 138 cm³/mol. The molecule has 0 saturated carbocycles. The van der Waals surface area contributed by atoms with Crippen LogP contribution in [0.5, 0.6) is 0 Å². The molecule has 6 heteroatoms. The monoisotopic (exact) mass is 461 g/mol. The first-order valence-corrected chi connectivity index (χ1v) is 11.8. The summed E-state index contributed by atoms with van der Waals surface area (Å²) < 4.78 is 0. The molecule has 1 aromatic rings. The zero-order valence-corrected chi connectivity index (χ0v) is 22.4. The fourth-order valence-electron chi connectivity index (χ4n) is 4.08. The Balaban J connectivity index is 3.24. The van der Waals surface area contributed by atoms with Gasteiger partial charge in [0.25, 0.3) is 0 Å². The van der Waals surface area contributed by atoms with Gasteiger partial charge in [0, 0.05) is 12.5 Å². The van der Waals surface area contributed by atoms with Crippen LogP contribution in [0, 0.1) is 11.3 Å². The minimum atomic E-state index is -0.669. The topological polar surface area (TPSA) is 61.4 Å². The second-order valence-electron chi connectivity index (χ2n) is 10.6. The number of benzene rings is 1. The van der Waals surface area contributed by atoms with Crippen LogP contribution in [0.3, 0.4) is 0 Å². The van der Waals surface area contributed by atoms with Gasteiger partial charge in [-0.3, -0.25) is 9.59 Å². The van der Waals surface area contributed by atoms with Crippen molar-refractivity contribution in [3.63, 3.8) is 0 Å². The summed E-state index contributed by atoms with van der Waals surface area (Å²) in [5, 5.41) is 6.26. The predicted octanol–water partition coefficient (Wildman–Crippen LogP) is 4.40. The van der Waals surface area contributed by atoms with Crippen LogP contribution in [0.2, 0.25) is 0 Å². The molecule has 1 rings (SSSR count). The molecule has 2 N–H and O–H groups in total. The van der Waals surface area contributed by atoms with E-state index in [-0.39, 0.29) is 23.8 Å². The van der Waals surface area contributed by atoms with E-state index in [0.29, 0.717) is 0 Å². The third kappa shape index (κ3) is 7.11. The molecule has 0 unspecified atom stereocenters. The molecule has 1 aromatic carbocycles. The molecule has 0 radical (unpaired) electrons. The smallest absolute Gasteiger partial charge is 0.245 e. The Hall–Kier alpha value is -1.79. The van der Waals surface area contributed by atoms with E-state index in [4.69, 9.17) is 0 Å². The average molecular weight is 462 g/mol. The summed E-state index contributed by atoms with van der Waals surface area (Å²) in [4.78, 5) is 29.7. The molecule has 0 aromatic heterocycles. The fraction of sp³-hybridized carbons (Fsp3) is 0.615. The first-order chi connectivity index (χ1) is 14.6. The van der Waals surface area contributed by atoms with Crippen molar-refractivity contribution in [2.75, 3.05) is 14.1 Å². The van der Waals surface area contributed by atoms with Crippen LogP contribution in [0.25, 0.3) is 0 Å². The van der Waals surface area contributed by atoms with Crippen molar-refractivity contribution in [3.05, 3.63) is 46.9 Å². The number of carbonyl (C=O) groups is 2. The molecule has 0 aliphatic carbocycles. The van der Waals surface area contributed by atoms with E-state index in [0.717, 1.165) is 10.5 Å². The zero-order valence-electron chi connectivity index (χ0n) is 21.5. The molecule has 0 heterocycles. The lowest BCUT2D eigenvalue weighted by Crippen LogP contribution is -2.61. The number of allylic oxidation sites excluding steroid dienone is 1. The van der Waals surface area contributed by atoms with Gasteiger partial charge in [0.2, 0.25) is 11.8 Å². The van der Waals surface area contributed by atoms with Crippen molar-refractivity contribution in [1.29, 1.82) is 0 Å². The average Bonchev–Trinajstić information content (AvgIpc) is 2.69. The van der Waals surface area contributed by atoms with E-state index in [1.165, 1.54) is 0 Å². The van der Waals surface area contributed by atoms with Crippen molar-refractivity contribution in [2.24, 2.45) is 11.3 Å². The highest BCUT2D eigenvalue weighted by Crippen LogP contribution is 2.29.